The van der Waals surface area contributed by atoms with Crippen LogP contribution in [0.25, 0.3) is 0 Å². The lowest BCUT2D eigenvalue weighted by Gasteiger charge is -2.13. The highest BCUT2D eigenvalue weighted by atomic mass is 35.5. The van der Waals surface area contributed by atoms with E-state index in [-0.39, 0.29) is 12.0 Å². The van der Waals surface area contributed by atoms with Crippen LogP contribution in [0.5, 0.6) is 0 Å². The topological polar surface area (TPSA) is 63.2 Å². The Morgan fingerprint density at radius 2 is 2.10 bits per heavy atom. The maximum atomic E-state index is 13.8. The van der Waals surface area contributed by atoms with Gasteiger partial charge in [0.25, 0.3) is 0 Å². The molecule has 2 fully saturated rings. The molecule has 0 saturated heterocycles. The Morgan fingerprint density at radius 1 is 1.43 bits per heavy atom. The molecule has 0 aliphatic heterocycles. The molecule has 3 rings (SSSR count). The van der Waals surface area contributed by atoms with E-state index in [1.807, 2.05) is 0 Å². The number of rotatable bonds is 4. The number of carbonyl (C=O) groups is 1. The van der Waals surface area contributed by atoms with E-state index in [1.54, 1.807) is 6.07 Å². The zero-order valence-electron chi connectivity index (χ0n) is 11.4. The smallest absolute Gasteiger partial charge is 0.241 e. The summed E-state index contributed by atoms with van der Waals surface area (Å²) in [6, 6.07) is 4.22. The highest BCUT2D eigenvalue weighted by molar-refractivity contribution is 7.93. The number of nitrogens with one attached hydrogen (secondary N) is 1. The third-order valence-corrected chi connectivity index (χ3v) is 6.65. The minimum atomic E-state index is -3.42. The number of hydrogen-bond acceptors (Lipinski definition) is 3. The predicted molar refractivity (Wildman–Crippen MR) is 77.5 cm³/mol. The second-order valence-corrected chi connectivity index (χ2v) is 8.56. The van der Waals surface area contributed by atoms with Crippen LogP contribution in [-0.2, 0) is 14.6 Å². The van der Waals surface area contributed by atoms with Crippen LogP contribution < -0.4 is 5.32 Å². The van der Waals surface area contributed by atoms with Crippen molar-refractivity contribution < 1.29 is 17.6 Å². The first kappa shape index (κ1) is 14.8. The van der Waals surface area contributed by atoms with Crippen molar-refractivity contribution in [1.29, 1.82) is 0 Å². The highest BCUT2D eigenvalue weighted by Crippen LogP contribution is 2.47. The van der Waals surface area contributed by atoms with E-state index >= 15 is 0 Å². The largest absolute Gasteiger partial charge is 0.351 e. The molecule has 2 saturated carbocycles. The van der Waals surface area contributed by atoms with E-state index in [0.29, 0.717) is 29.8 Å². The van der Waals surface area contributed by atoms with Crippen molar-refractivity contribution in [3.05, 3.63) is 34.6 Å². The van der Waals surface area contributed by atoms with Gasteiger partial charge in [-0.3, -0.25) is 4.79 Å². The van der Waals surface area contributed by atoms with Gasteiger partial charge in [0.2, 0.25) is 5.91 Å². The van der Waals surface area contributed by atoms with Crippen molar-refractivity contribution in [1.82, 2.24) is 5.32 Å². The highest BCUT2D eigenvalue weighted by Gasteiger charge is 2.60. The van der Waals surface area contributed by atoms with E-state index in [4.69, 9.17) is 11.6 Å². The summed E-state index contributed by atoms with van der Waals surface area (Å²) in [7, 11) is -3.42. The lowest BCUT2D eigenvalue weighted by molar-refractivity contribution is -0.121. The van der Waals surface area contributed by atoms with E-state index in [0.717, 1.165) is 6.26 Å². The molecule has 0 spiro atoms. The van der Waals surface area contributed by atoms with Crippen LogP contribution in [0.15, 0.2) is 18.2 Å². The minimum Gasteiger partial charge on any atom is -0.351 e. The molecular weight excluding hydrogens is 317 g/mol. The normalized spacial score (nSPS) is 26.2. The third kappa shape index (κ3) is 2.44. The molecule has 1 amide bonds. The average Bonchev–Trinajstić information content (AvgIpc) is 3.20. The lowest BCUT2D eigenvalue weighted by Crippen LogP contribution is -2.42. The quantitative estimate of drug-likeness (QED) is 0.918. The molecule has 114 valence electrons. The standard InChI is InChI=1S/C14H15ClFNO3S/c1-21(19,20)14(5-6-14)13(18)17-11-7-8(11)12-9(15)3-2-4-10(12)16/h2-4,8,11H,5-7H2,1H3,(H,17,18)/t8-,11-/m1/s1. The summed E-state index contributed by atoms with van der Waals surface area (Å²) in [6.07, 6.45) is 2.37. The number of sulfone groups is 1. The number of halogens is 2. The summed E-state index contributed by atoms with van der Waals surface area (Å²) >= 11 is 5.99. The zero-order valence-corrected chi connectivity index (χ0v) is 13.0. The van der Waals surface area contributed by atoms with Gasteiger partial charge in [-0.25, -0.2) is 12.8 Å². The number of amides is 1. The Morgan fingerprint density at radius 3 is 2.62 bits per heavy atom. The number of carbonyl (C=O) groups excluding carboxylic acids is 1. The molecule has 1 N–H and O–H groups in total. The van der Waals surface area contributed by atoms with Crippen LogP contribution in [0.3, 0.4) is 0 Å². The van der Waals surface area contributed by atoms with Crippen molar-refractivity contribution in [2.45, 2.75) is 36.0 Å². The summed E-state index contributed by atoms with van der Waals surface area (Å²) in [4.78, 5) is 12.2. The van der Waals surface area contributed by atoms with Gasteiger partial charge in [-0.1, -0.05) is 17.7 Å². The Kier molecular flexibility index (Phi) is 3.29. The summed E-state index contributed by atoms with van der Waals surface area (Å²) in [5.41, 5.74) is 0.397. The van der Waals surface area contributed by atoms with Gasteiger partial charge in [0, 0.05) is 28.8 Å². The van der Waals surface area contributed by atoms with Gasteiger partial charge >= 0.3 is 0 Å². The maximum absolute atomic E-state index is 13.8. The van der Waals surface area contributed by atoms with Gasteiger partial charge in [0.1, 0.15) is 5.82 Å². The maximum Gasteiger partial charge on any atom is 0.241 e. The van der Waals surface area contributed by atoms with Crippen LogP contribution >= 0.6 is 11.6 Å². The van der Waals surface area contributed by atoms with E-state index in [2.05, 4.69) is 5.32 Å². The number of hydrogen-bond donors (Lipinski definition) is 1. The molecular formula is C14H15ClFNO3S. The average molecular weight is 332 g/mol. The summed E-state index contributed by atoms with van der Waals surface area (Å²) in [5.74, 6) is -1.04. The Bertz CT molecular complexity index is 695. The third-order valence-electron chi connectivity index (χ3n) is 4.31. The SMILES string of the molecule is CS(=O)(=O)C1(C(=O)N[C@@H]2C[C@H]2c2c(F)cccc2Cl)CC1. The molecule has 0 bridgehead atoms. The van der Waals surface area contributed by atoms with E-state index in [9.17, 15) is 17.6 Å². The molecule has 0 heterocycles. The molecule has 0 aromatic heterocycles. The van der Waals surface area contributed by atoms with Crippen LogP contribution in [0.1, 0.15) is 30.7 Å². The van der Waals surface area contributed by atoms with E-state index in [1.165, 1.54) is 12.1 Å². The molecule has 1 aromatic carbocycles. The van der Waals surface area contributed by atoms with Gasteiger partial charge in [-0.2, -0.15) is 0 Å². The molecule has 7 heteroatoms. The van der Waals surface area contributed by atoms with Gasteiger partial charge in [0.05, 0.1) is 0 Å². The fourth-order valence-electron chi connectivity index (χ4n) is 2.72. The first-order valence-electron chi connectivity index (χ1n) is 6.71. The first-order valence-corrected chi connectivity index (χ1v) is 8.98. The fourth-order valence-corrected chi connectivity index (χ4v) is 4.26. The summed E-state index contributed by atoms with van der Waals surface area (Å²) in [5, 5.41) is 3.06. The van der Waals surface area contributed by atoms with Crippen LogP contribution in [0.4, 0.5) is 4.39 Å². The van der Waals surface area contributed by atoms with Crippen molar-refractivity contribution in [3.63, 3.8) is 0 Å². The van der Waals surface area contributed by atoms with Crippen molar-refractivity contribution in [2.75, 3.05) is 6.26 Å². The fraction of sp³-hybridized carbons (Fsp3) is 0.500. The Labute approximate surface area is 127 Å². The second-order valence-electron chi connectivity index (χ2n) is 5.82. The van der Waals surface area contributed by atoms with Crippen molar-refractivity contribution in [2.24, 2.45) is 0 Å². The zero-order chi connectivity index (χ0) is 15.4. The summed E-state index contributed by atoms with van der Waals surface area (Å²) < 4.78 is 35.9. The molecule has 2 atom stereocenters. The van der Waals surface area contributed by atoms with Gasteiger partial charge in [-0.15, -0.1) is 0 Å². The summed E-state index contributed by atoms with van der Waals surface area (Å²) in [6.45, 7) is 0. The Balaban J connectivity index is 1.72. The molecule has 2 aliphatic rings. The molecule has 1 aromatic rings. The molecule has 21 heavy (non-hydrogen) atoms. The predicted octanol–water partition coefficient (Wildman–Crippen LogP) is 2.03. The lowest BCUT2D eigenvalue weighted by atomic mass is 10.1. The minimum absolute atomic E-state index is 0.182. The van der Waals surface area contributed by atoms with Crippen molar-refractivity contribution in [3.8, 4) is 0 Å². The molecule has 2 aliphatic carbocycles. The Hall–Kier alpha value is -1.14. The van der Waals surface area contributed by atoms with Crippen LogP contribution in [0, 0.1) is 5.82 Å². The monoisotopic (exact) mass is 331 g/mol. The molecule has 4 nitrogen and oxygen atoms in total. The molecule has 0 unspecified atom stereocenters. The van der Waals surface area contributed by atoms with E-state index < -0.39 is 26.3 Å². The van der Waals surface area contributed by atoms with Gasteiger partial charge in [0.15, 0.2) is 14.6 Å². The van der Waals surface area contributed by atoms with Crippen LogP contribution in [0.2, 0.25) is 5.02 Å². The number of benzene rings is 1. The van der Waals surface area contributed by atoms with Gasteiger partial charge in [-0.05, 0) is 31.4 Å². The van der Waals surface area contributed by atoms with Crippen LogP contribution in [-0.4, -0.2) is 31.4 Å². The van der Waals surface area contributed by atoms with Gasteiger partial charge < -0.3 is 5.32 Å². The molecule has 0 radical (unpaired) electrons. The second kappa shape index (κ2) is 4.68. The first-order chi connectivity index (χ1) is 9.76. The van der Waals surface area contributed by atoms with Crippen molar-refractivity contribution >= 4 is 27.3 Å².